The van der Waals surface area contributed by atoms with Gasteiger partial charge < -0.3 is 15.5 Å². The van der Waals surface area contributed by atoms with Crippen LogP contribution in [0.1, 0.15) is 6.92 Å². The first-order chi connectivity index (χ1) is 16.6. The van der Waals surface area contributed by atoms with E-state index in [2.05, 4.69) is 15.2 Å². The van der Waals surface area contributed by atoms with Gasteiger partial charge in [-0.3, -0.25) is 4.40 Å². The number of pyridine rings is 1. The minimum absolute atomic E-state index is 0. The van der Waals surface area contributed by atoms with Gasteiger partial charge in [-0.15, -0.1) is 12.4 Å². The number of hydrogen-bond donors (Lipinski definition) is 2. The molecule has 0 unspecified atom stereocenters. The maximum atomic E-state index is 12.3. The summed E-state index contributed by atoms with van der Waals surface area (Å²) >= 11 is 0. The molecule has 14 heteroatoms. The van der Waals surface area contributed by atoms with Gasteiger partial charge in [-0.1, -0.05) is 12.1 Å². The fraction of sp³-hybridized carbons (Fsp3) is 0.364. The standard InChI is InChI=1S/C22H25F3N6O3S.ClH/c1-2-35(33,34)30-10-8-29(9-11-30)18-6-7-31-19(14-26-20(31)13-18)16-4-3-5-17(12-16)28-21(32)27-15-22(23,24)25;/h3-7,12-14H,2,8-11,15H2,1H3,(H2,27,28,32);1H. The van der Waals surface area contributed by atoms with Crippen molar-refractivity contribution in [2.24, 2.45) is 0 Å². The van der Waals surface area contributed by atoms with Crippen molar-refractivity contribution in [3.05, 3.63) is 48.8 Å². The lowest BCUT2D eigenvalue weighted by Gasteiger charge is -2.35. The highest BCUT2D eigenvalue weighted by Crippen LogP contribution is 2.26. The summed E-state index contributed by atoms with van der Waals surface area (Å²) in [6.07, 6.45) is -0.957. The molecule has 3 heterocycles. The van der Waals surface area contributed by atoms with E-state index in [0.717, 1.165) is 16.9 Å². The van der Waals surface area contributed by atoms with Gasteiger partial charge in [0, 0.05) is 55.4 Å². The third-order valence-corrected chi connectivity index (χ3v) is 7.61. The predicted octanol–water partition coefficient (Wildman–Crippen LogP) is 3.58. The Balaban J connectivity index is 0.00000361. The summed E-state index contributed by atoms with van der Waals surface area (Å²) in [7, 11) is -3.20. The molecule has 1 aromatic carbocycles. The van der Waals surface area contributed by atoms with Crippen LogP contribution in [0.3, 0.4) is 0 Å². The number of nitrogens with one attached hydrogen (secondary N) is 2. The van der Waals surface area contributed by atoms with Crippen molar-refractivity contribution < 1.29 is 26.4 Å². The Kier molecular flexibility index (Phi) is 8.37. The number of nitrogens with zero attached hydrogens (tertiary/aromatic N) is 4. The second-order valence-corrected chi connectivity index (χ2v) is 10.3. The molecule has 196 valence electrons. The summed E-state index contributed by atoms with van der Waals surface area (Å²) in [6, 6.07) is 9.62. The molecule has 36 heavy (non-hydrogen) atoms. The Morgan fingerprint density at radius 3 is 2.50 bits per heavy atom. The van der Waals surface area contributed by atoms with E-state index in [1.54, 1.807) is 36.6 Å². The van der Waals surface area contributed by atoms with Crippen LogP contribution in [0.4, 0.5) is 29.3 Å². The number of alkyl halides is 3. The van der Waals surface area contributed by atoms with Crippen LogP contribution in [0.15, 0.2) is 48.8 Å². The summed E-state index contributed by atoms with van der Waals surface area (Å²) in [4.78, 5) is 18.4. The van der Waals surface area contributed by atoms with Crippen LogP contribution < -0.4 is 15.5 Å². The van der Waals surface area contributed by atoms with E-state index >= 15 is 0 Å². The lowest BCUT2D eigenvalue weighted by molar-refractivity contribution is -0.122. The average Bonchev–Trinajstić information content (AvgIpc) is 3.26. The average molecular weight is 547 g/mol. The van der Waals surface area contributed by atoms with E-state index in [9.17, 15) is 26.4 Å². The maximum Gasteiger partial charge on any atom is 0.405 e. The number of rotatable bonds is 6. The number of urea groups is 1. The van der Waals surface area contributed by atoms with E-state index < -0.39 is 28.8 Å². The highest BCUT2D eigenvalue weighted by Gasteiger charge is 2.28. The zero-order valence-corrected chi connectivity index (χ0v) is 21.0. The van der Waals surface area contributed by atoms with Gasteiger partial charge in [-0.2, -0.15) is 17.5 Å². The number of carbonyl (C=O) groups excluding carboxylic acids is 1. The molecule has 1 aliphatic heterocycles. The number of sulfonamides is 1. The number of hydrogen-bond acceptors (Lipinski definition) is 5. The highest BCUT2D eigenvalue weighted by atomic mass is 35.5. The van der Waals surface area contributed by atoms with Gasteiger partial charge >= 0.3 is 12.2 Å². The van der Waals surface area contributed by atoms with E-state index in [-0.39, 0.29) is 18.2 Å². The number of aromatic nitrogens is 2. The molecule has 2 aromatic heterocycles. The number of anilines is 2. The molecule has 4 rings (SSSR count). The summed E-state index contributed by atoms with van der Waals surface area (Å²) in [5, 5.41) is 4.18. The molecule has 0 aliphatic carbocycles. The SMILES string of the molecule is CCS(=O)(=O)N1CCN(c2ccn3c(-c4cccc(NC(=O)NCC(F)(F)F)c4)cnc3c2)CC1.Cl. The molecule has 0 radical (unpaired) electrons. The number of amides is 2. The summed E-state index contributed by atoms with van der Waals surface area (Å²) < 4.78 is 64.4. The Morgan fingerprint density at radius 1 is 1.11 bits per heavy atom. The first-order valence-electron chi connectivity index (χ1n) is 11.0. The topological polar surface area (TPSA) is 99.0 Å². The van der Waals surface area contributed by atoms with Crippen molar-refractivity contribution in [3.8, 4) is 11.3 Å². The van der Waals surface area contributed by atoms with E-state index in [1.807, 2.05) is 28.8 Å². The van der Waals surface area contributed by atoms with Gasteiger partial charge in [0.05, 0.1) is 17.6 Å². The fourth-order valence-electron chi connectivity index (χ4n) is 3.90. The molecule has 2 N–H and O–H groups in total. The number of carbonyl (C=O) groups is 1. The third-order valence-electron chi connectivity index (χ3n) is 5.72. The lowest BCUT2D eigenvalue weighted by Crippen LogP contribution is -2.49. The minimum Gasteiger partial charge on any atom is -0.369 e. The van der Waals surface area contributed by atoms with Gasteiger partial charge in [0.1, 0.15) is 12.2 Å². The zero-order valence-electron chi connectivity index (χ0n) is 19.3. The molecule has 9 nitrogen and oxygen atoms in total. The number of halogens is 4. The number of imidazole rings is 1. The van der Waals surface area contributed by atoms with Crippen molar-refractivity contribution in [1.29, 1.82) is 0 Å². The lowest BCUT2D eigenvalue weighted by atomic mass is 10.1. The van der Waals surface area contributed by atoms with Gasteiger partial charge in [0.25, 0.3) is 0 Å². The fourth-order valence-corrected chi connectivity index (χ4v) is 4.98. The maximum absolute atomic E-state index is 12.3. The summed E-state index contributed by atoms with van der Waals surface area (Å²) in [6.45, 7) is 2.23. The number of fused-ring (bicyclic) bond motifs is 1. The largest absolute Gasteiger partial charge is 0.405 e. The van der Waals surface area contributed by atoms with Gasteiger partial charge in [-0.05, 0) is 25.1 Å². The predicted molar refractivity (Wildman–Crippen MR) is 134 cm³/mol. The zero-order chi connectivity index (χ0) is 25.2. The number of piperazine rings is 1. The molecule has 1 aliphatic rings. The van der Waals surface area contributed by atoms with Gasteiger partial charge in [0.15, 0.2) is 0 Å². The van der Waals surface area contributed by atoms with E-state index in [0.29, 0.717) is 37.5 Å². The van der Waals surface area contributed by atoms with Crippen LogP contribution >= 0.6 is 12.4 Å². The molecule has 1 saturated heterocycles. The third kappa shape index (κ3) is 6.39. The summed E-state index contributed by atoms with van der Waals surface area (Å²) in [5.41, 5.74) is 3.41. The smallest absolute Gasteiger partial charge is 0.369 e. The molecule has 3 aromatic rings. The van der Waals surface area contributed by atoms with E-state index in [4.69, 9.17) is 0 Å². The molecular formula is C22H26ClF3N6O3S. The van der Waals surface area contributed by atoms with Gasteiger partial charge in [-0.25, -0.2) is 18.2 Å². The van der Waals surface area contributed by atoms with Crippen LogP contribution in [0, 0.1) is 0 Å². The van der Waals surface area contributed by atoms with Crippen LogP contribution in [-0.2, 0) is 10.0 Å². The van der Waals surface area contributed by atoms with Crippen LogP contribution in [0.25, 0.3) is 16.9 Å². The first kappa shape index (κ1) is 27.6. The molecule has 0 atom stereocenters. The molecular weight excluding hydrogens is 521 g/mol. The van der Waals surface area contributed by atoms with Crippen LogP contribution in [0.5, 0.6) is 0 Å². The van der Waals surface area contributed by atoms with Crippen molar-refractivity contribution in [3.63, 3.8) is 0 Å². The van der Waals surface area contributed by atoms with Crippen molar-refractivity contribution in [1.82, 2.24) is 19.0 Å². The quantitative estimate of drug-likeness (QED) is 0.492. The molecule has 1 fully saturated rings. The van der Waals surface area contributed by atoms with Crippen molar-refractivity contribution in [2.75, 3.05) is 48.7 Å². The summed E-state index contributed by atoms with van der Waals surface area (Å²) in [5.74, 6) is 0.0881. The van der Waals surface area contributed by atoms with Crippen LogP contribution in [-0.4, -0.2) is 72.8 Å². The number of benzene rings is 1. The Hall–Kier alpha value is -3.03. The van der Waals surface area contributed by atoms with Crippen LogP contribution in [0.2, 0.25) is 0 Å². The second-order valence-electron chi connectivity index (χ2n) is 8.05. The Labute approximate surface area is 212 Å². The Bertz CT molecular complexity index is 1320. The van der Waals surface area contributed by atoms with Crippen molar-refractivity contribution in [2.45, 2.75) is 13.1 Å². The second kappa shape index (κ2) is 10.9. The van der Waals surface area contributed by atoms with Crippen molar-refractivity contribution >= 4 is 45.5 Å². The monoisotopic (exact) mass is 546 g/mol. The molecule has 0 spiro atoms. The molecule has 0 saturated carbocycles. The normalized spacial score (nSPS) is 14.9. The minimum atomic E-state index is -4.49. The van der Waals surface area contributed by atoms with E-state index in [1.165, 1.54) is 4.31 Å². The molecule has 0 bridgehead atoms. The Morgan fingerprint density at radius 2 is 1.83 bits per heavy atom. The molecule has 2 amide bonds. The first-order valence-corrected chi connectivity index (χ1v) is 12.6. The van der Waals surface area contributed by atoms with Gasteiger partial charge in [0.2, 0.25) is 10.0 Å². The highest BCUT2D eigenvalue weighted by molar-refractivity contribution is 7.89.